The van der Waals surface area contributed by atoms with E-state index < -0.39 is 0 Å². The summed E-state index contributed by atoms with van der Waals surface area (Å²) in [7, 11) is 0. The molecule has 2 saturated heterocycles. The molecular weight excluding hydrogens is 154 g/mol. The predicted molar refractivity (Wildman–Crippen MR) is 51.2 cm³/mol. The van der Waals surface area contributed by atoms with Gasteiger partial charge in [-0.1, -0.05) is 0 Å². The first-order valence-corrected chi connectivity index (χ1v) is 5.94. The average molecular weight is 171 g/mol. The van der Waals surface area contributed by atoms with Gasteiger partial charge in [0.1, 0.15) is 0 Å². The van der Waals surface area contributed by atoms with Crippen molar-refractivity contribution in [3.05, 3.63) is 0 Å². The fourth-order valence-electron chi connectivity index (χ4n) is 2.12. The lowest BCUT2D eigenvalue weighted by Crippen LogP contribution is -2.36. The van der Waals surface area contributed by atoms with E-state index in [-0.39, 0.29) is 0 Å². The summed E-state index contributed by atoms with van der Waals surface area (Å²) in [5.74, 6) is 2.81. The molecule has 0 spiro atoms. The standard InChI is InChI=1S/C9H17NS/c1-2-6-10(5-1)9-4-3-7-11-8-9/h9H,1-8H2. The highest BCUT2D eigenvalue weighted by Crippen LogP contribution is 2.24. The summed E-state index contributed by atoms with van der Waals surface area (Å²) < 4.78 is 0. The lowest BCUT2D eigenvalue weighted by Gasteiger charge is -2.30. The summed E-state index contributed by atoms with van der Waals surface area (Å²) in [5, 5.41) is 0. The van der Waals surface area contributed by atoms with Gasteiger partial charge in [0.05, 0.1) is 0 Å². The van der Waals surface area contributed by atoms with Gasteiger partial charge in [-0.2, -0.15) is 11.8 Å². The van der Waals surface area contributed by atoms with Crippen LogP contribution in [0.3, 0.4) is 0 Å². The molecule has 0 aromatic rings. The first-order valence-electron chi connectivity index (χ1n) is 4.78. The highest BCUT2D eigenvalue weighted by Gasteiger charge is 2.23. The second-order valence-electron chi connectivity index (χ2n) is 3.61. The molecule has 1 atom stereocenters. The summed E-state index contributed by atoms with van der Waals surface area (Å²) in [5.41, 5.74) is 0. The Hall–Kier alpha value is 0.310. The summed E-state index contributed by atoms with van der Waals surface area (Å²) in [6.07, 6.45) is 5.81. The van der Waals surface area contributed by atoms with Crippen molar-refractivity contribution in [1.29, 1.82) is 0 Å². The van der Waals surface area contributed by atoms with Crippen LogP contribution in [0, 0.1) is 0 Å². The maximum atomic E-state index is 2.70. The third kappa shape index (κ3) is 1.91. The molecule has 0 radical (unpaired) electrons. The van der Waals surface area contributed by atoms with Gasteiger partial charge in [-0.15, -0.1) is 0 Å². The summed E-state index contributed by atoms with van der Waals surface area (Å²) >= 11 is 2.15. The van der Waals surface area contributed by atoms with E-state index in [1.54, 1.807) is 0 Å². The molecule has 64 valence electrons. The number of hydrogen-bond donors (Lipinski definition) is 0. The van der Waals surface area contributed by atoms with Gasteiger partial charge in [0.25, 0.3) is 0 Å². The molecule has 0 N–H and O–H groups in total. The Morgan fingerprint density at radius 2 is 1.91 bits per heavy atom. The molecule has 2 heteroatoms. The van der Waals surface area contributed by atoms with Gasteiger partial charge >= 0.3 is 0 Å². The van der Waals surface area contributed by atoms with E-state index in [1.165, 1.54) is 50.3 Å². The number of thioether (sulfide) groups is 1. The van der Waals surface area contributed by atoms with Crippen molar-refractivity contribution in [3.8, 4) is 0 Å². The zero-order valence-corrected chi connectivity index (χ0v) is 7.91. The maximum absolute atomic E-state index is 2.70. The van der Waals surface area contributed by atoms with Crippen molar-refractivity contribution in [3.63, 3.8) is 0 Å². The number of hydrogen-bond acceptors (Lipinski definition) is 2. The van der Waals surface area contributed by atoms with Crippen molar-refractivity contribution in [2.24, 2.45) is 0 Å². The van der Waals surface area contributed by atoms with Crippen molar-refractivity contribution < 1.29 is 0 Å². The van der Waals surface area contributed by atoms with E-state index in [0.717, 1.165) is 6.04 Å². The van der Waals surface area contributed by atoms with E-state index >= 15 is 0 Å². The van der Waals surface area contributed by atoms with Crippen LogP contribution in [0.1, 0.15) is 25.7 Å². The molecule has 2 rings (SSSR count). The monoisotopic (exact) mass is 171 g/mol. The van der Waals surface area contributed by atoms with Gasteiger partial charge in [0.15, 0.2) is 0 Å². The molecule has 2 aliphatic rings. The van der Waals surface area contributed by atoms with E-state index in [9.17, 15) is 0 Å². The molecule has 2 fully saturated rings. The first kappa shape index (κ1) is 7.93. The molecular formula is C9H17NS. The summed E-state index contributed by atoms with van der Waals surface area (Å²) in [4.78, 5) is 2.70. The second kappa shape index (κ2) is 3.81. The first-order chi connectivity index (χ1) is 5.47. The van der Waals surface area contributed by atoms with Crippen LogP contribution in [0.25, 0.3) is 0 Å². The predicted octanol–water partition coefficient (Wildman–Crippen LogP) is 1.98. The molecule has 0 aromatic carbocycles. The minimum atomic E-state index is 0.941. The molecule has 1 nitrogen and oxygen atoms in total. The lowest BCUT2D eigenvalue weighted by atomic mass is 10.1. The third-order valence-electron chi connectivity index (χ3n) is 2.79. The van der Waals surface area contributed by atoms with Crippen LogP contribution < -0.4 is 0 Å². The van der Waals surface area contributed by atoms with E-state index in [4.69, 9.17) is 0 Å². The quantitative estimate of drug-likeness (QED) is 0.593. The fourth-order valence-corrected chi connectivity index (χ4v) is 3.31. The van der Waals surface area contributed by atoms with Gasteiger partial charge in [0, 0.05) is 11.8 Å². The topological polar surface area (TPSA) is 3.24 Å². The Labute approximate surface area is 73.5 Å². The molecule has 0 amide bonds. The molecule has 2 aliphatic heterocycles. The second-order valence-corrected chi connectivity index (χ2v) is 4.76. The molecule has 0 aliphatic carbocycles. The van der Waals surface area contributed by atoms with Gasteiger partial charge in [-0.05, 0) is 44.5 Å². The Kier molecular flexibility index (Phi) is 2.75. The highest BCUT2D eigenvalue weighted by atomic mass is 32.2. The van der Waals surface area contributed by atoms with E-state index in [0.29, 0.717) is 0 Å². The van der Waals surface area contributed by atoms with Gasteiger partial charge < -0.3 is 0 Å². The van der Waals surface area contributed by atoms with Crippen LogP contribution in [-0.4, -0.2) is 35.5 Å². The van der Waals surface area contributed by atoms with Crippen LogP contribution in [0.5, 0.6) is 0 Å². The molecule has 0 aromatic heterocycles. The maximum Gasteiger partial charge on any atom is 0.0186 e. The summed E-state index contributed by atoms with van der Waals surface area (Å²) in [6, 6.07) is 0.941. The van der Waals surface area contributed by atoms with Crippen LogP contribution in [0.4, 0.5) is 0 Å². The normalized spacial score (nSPS) is 34.4. The van der Waals surface area contributed by atoms with E-state index in [1.807, 2.05) is 0 Å². The van der Waals surface area contributed by atoms with Gasteiger partial charge in [-0.25, -0.2) is 0 Å². The zero-order chi connectivity index (χ0) is 7.52. The van der Waals surface area contributed by atoms with Crippen molar-refractivity contribution >= 4 is 11.8 Å². The number of nitrogens with zero attached hydrogens (tertiary/aromatic N) is 1. The summed E-state index contributed by atoms with van der Waals surface area (Å²) in [6.45, 7) is 2.76. The van der Waals surface area contributed by atoms with Crippen LogP contribution in [-0.2, 0) is 0 Å². The fraction of sp³-hybridized carbons (Fsp3) is 1.00. The zero-order valence-electron chi connectivity index (χ0n) is 7.09. The largest absolute Gasteiger partial charge is 0.300 e. The Bertz CT molecular complexity index is 115. The Morgan fingerprint density at radius 3 is 2.55 bits per heavy atom. The van der Waals surface area contributed by atoms with Gasteiger partial charge in [-0.3, -0.25) is 4.90 Å². The lowest BCUT2D eigenvalue weighted by molar-refractivity contribution is 0.247. The SMILES string of the molecule is C1CSCC(N2CCCC2)C1. The van der Waals surface area contributed by atoms with Crippen LogP contribution >= 0.6 is 11.8 Å². The van der Waals surface area contributed by atoms with Crippen LogP contribution in [0.2, 0.25) is 0 Å². The van der Waals surface area contributed by atoms with Crippen molar-refractivity contribution in [2.45, 2.75) is 31.7 Å². The smallest absolute Gasteiger partial charge is 0.0186 e. The third-order valence-corrected chi connectivity index (χ3v) is 3.99. The Morgan fingerprint density at radius 1 is 1.09 bits per heavy atom. The number of likely N-dealkylation sites (tertiary alicyclic amines) is 1. The van der Waals surface area contributed by atoms with Crippen molar-refractivity contribution in [2.75, 3.05) is 24.6 Å². The minimum absolute atomic E-state index is 0.941. The molecule has 0 saturated carbocycles. The molecule has 11 heavy (non-hydrogen) atoms. The van der Waals surface area contributed by atoms with E-state index in [2.05, 4.69) is 16.7 Å². The Balaban J connectivity index is 1.82. The van der Waals surface area contributed by atoms with Gasteiger partial charge in [0.2, 0.25) is 0 Å². The average Bonchev–Trinajstić information content (AvgIpc) is 2.58. The molecule has 0 bridgehead atoms. The molecule has 2 heterocycles. The minimum Gasteiger partial charge on any atom is -0.300 e. The van der Waals surface area contributed by atoms with Crippen molar-refractivity contribution in [1.82, 2.24) is 4.90 Å². The molecule has 1 unspecified atom stereocenters. The van der Waals surface area contributed by atoms with Crippen LogP contribution in [0.15, 0.2) is 0 Å². The highest BCUT2D eigenvalue weighted by molar-refractivity contribution is 7.99. The number of rotatable bonds is 1.